The quantitative estimate of drug-likeness (QED) is 0.739. The molecule has 1 N–H and O–H groups in total. The summed E-state index contributed by atoms with van der Waals surface area (Å²) in [6.07, 6.45) is 1.54. The summed E-state index contributed by atoms with van der Waals surface area (Å²) in [4.78, 5) is 14.3. The summed E-state index contributed by atoms with van der Waals surface area (Å²) in [5, 5.41) is 3.14. The van der Waals surface area contributed by atoms with Crippen LogP contribution in [0.3, 0.4) is 0 Å². The number of rotatable bonds is 7. The summed E-state index contributed by atoms with van der Waals surface area (Å²) in [5.74, 6) is 1.17. The van der Waals surface area contributed by atoms with Gasteiger partial charge in [0, 0.05) is 26.6 Å². The van der Waals surface area contributed by atoms with Crippen LogP contribution in [0.4, 0.5) is 4.39 Å². The summed E-state index contributed by atoms with van der Waals surface area (Å²) in [6.45, 7) is 8.61. The molecule has 1 fully saturated rings. The minimum atomic E-state index is -0.457. The van der Waals surface area contributed by atoms with E-state index in [4.69, 9.17) is 9.47 Å². The number of ether oxygens (including phenoxy) is 2. The highest BCUT2D eigenvalue weighted by atomic mass is 19.1. The molecule has 0 aromatic heterocycles. The topological polar surface area (TPSA) is 50.8 Å². The molecule has 30 heavy (non-hydrogen) atoms. The minimum Gasteiger partial charge on any atom is -0.493 e. The van der Waals surface area contributed by atoms with Gasteiger partial charge < -0.3 is 14.8 Å². The Bertz CT molecular complexity index is 875. The van der Waals surface area contributed by atoms with Crippen LogP contribution in [-0.4, -0.2) is 37.6 Å². The molecule has 0 saturated carbocycles. The monoisotopic (exact) mass is 414 g/mol. The number of likely N-dealkylation sites (tertiary alicyclic amines) is 1. The van der Waals surface area contributed by atoms with E-state index in [0.29, 0.717) is 6.61 Å². The van der Waals surface area contributed by atoms with E-state index in [1.807, 2.05) is 13.0 Å². The van der Waals surface area contributed by atoms with E-state index in [0.717, 1.165) is 55.1 Å². The van der Waals surface area contributed by atoms with Gasteiger partial charge in [0.25, 0.3) is 0 Å². The Balaban J connectivity index is 1.76. The van der Waals surface area contributed by atoms with Crippen molar-refractivity contribution in [2.45, 2.75) is 45.7 Å². The number of halogens is 1. The van der Waals surface area contributed by atoms with Gasteiger partial charge in [-0.1, -0.05) is 12.1 Å². The number of aryl methyl sites for hydroxylation is 1. The molecule has 6 heteroatoms. The van der Waals surface area contributed by atoms with Crippen LogP contribution in [0, 0.1) is 12.7 Å². The van der Waals surface area contributed by atoms with E-state index >= 15 is 0 Å². The van der Waals surface area contributed by atoms with E-state index in [9.17, 15) is 9.18 Å². The summed E-state index contributed by atoms with van der Waals surface area (Å²) in [7, 11) is 1.65. The van der Waals surface area contributed by atoms with Gasteiger partial charge in [0.15, 0.2) is 11.5 Å². The van der Waals surface area contributed by atoms with Crippen LogP contribution in [0.25, 0.3) is 0 Å². The Hall–Kier alpha value is -2.60. The fraction of sp³-hybridized carbons (Fsp3) is 0.458. The molecule has 1 aliphatic heterocycles. The molecular weight excluding hydrogens is 383 g/mol. The number of hydrogen-bond acceptors (Lipinski definition) is 4. The predicted octanol–water partition coefficient (Wildman–Crippen LogP) is 4.17. The maximum Gasteiger partial charge on any atom is 0.217 e. The highest BCUT2D eigenvalue weighted by Gasteiger charge is 2.37. The Labute approximate surface area is 178 Å². The summed E-state index contributed by atoms with van der Waals surface area (Å²) in [6, 6.07) is 10.6. The third kappa shape index (κ3) is 4.93. The maximum absolute atomic E-state index is 13.4. The van der Waals surface area contributed by atoms with Crippen molar-refractivity contribution in [2.24, 2.45) is 0 Å². The third-order valence-corrected chi connectivity index (χ3v) is 5.84. The number of amides is 1. The van der Waals surface area contributed by atoms with Gasteiger partial charge in [-0.3, -0.25) is 9.69 Å². The Morgan fingerprint density at radius 3 is 2.40 bits per heavy atom. The van der Waals surface area contributed by atoms with Gasteiger partial charge in [0.1, 0.15) is 5.82 Å². The molecule has 1 saturated heterocycles. The number of benzene rings is 2. The summed E-state index contributed by atoms with van der Waals surface area (Å²) >= 11 is 0. The molecule has 0 bridgehead atoms. The first kappa shape index (κ1) is 22.1. The van der Waals surface area contributed by atoms with Gasteiger partial charge in [0.05, 0.1) is 19.3 Å². The molecule has 0 aliphatic carbocycles. The highest BCUT2D eigenvalue weighted by molar-refractivity contribution is 5.74. The Kier molecular flexibility index (Phi) is 6.98. The Morgan fingerprint density at radius 2 is 1.83 bits per heavy atom. The fourth-order valence-electron chi connectivity index (χ4n) is 4.23. The second-order valence-corrected chi connectivity index (χ2v) is 7.91. The van der Waals surface area contributed by atoms with Gasteiger partial charge in [0.2, 0.25) is 5.91 Å². The lowest BCUT2D eigenvalue weighted by atomic mass is 9.80. The second-order valence-electron chi connectivity index (χ2n) is 7.91. The minimum absolute atomic E-state index is 0.0693. The first-order chi connectivity index (χ1) is 14.4. The molecular formula is C24H31FN2O3. The van der Waals surface area contributed by atoms with Crippen molar-refractivity contribution in [3.05, 3.63) is 58.9 Å². The fourth-order valence-corrected chi connectivity index (χ4v) is 4.23. The van der Waals surface area contributed by atoms with E-state index in [2.05, 4.69) is 23.2 Å². The molecule has 1 amide bonds. The van der Waals surface area contributed by atoms with Crippen molar-refractivity contribution >= 4 is 5.91 Å². The van der Waals surface area contributed by atoms with Crippen LogP contribution >= 0.6 is 0 Å². The maximum atomic E-state index is 13.4. The van der Waals surface area contributed by atoms with Crippen LogP contribution < -0.4 is 14.8 Å². The molecule has 0 radical (unpaired) electrons. The van der Waals surface area contributed by atoms with Gasteiger partial charge in [-0.05, 0) is 67.6 Å². The van der Waals surface area contributed by atoms with E-state index in [1.54, 1.807) is 19.2 Å². The molecule has 0 unspecified atom stereocenters. The number of carbonyl (C=O) groups excluding carboxylic acids is 1. The normalized spacial score (nSPS) is 16.2. The first-order valence-electron chi connectivity index (χ1n) is 10.4. The smallest absolute Gasteiger partial charge is 0.217 e. The third-order valence-electron chi connectivity index (χ3n) is 5.84. The molecule has 0 spiro atoms. The SMILES string of the molecule is CCOc1cc(CN2CCC(NC(C)=O)(c3ccc(F)cc3)CC2)c(C)cc1OC. The number of methoxy groups -OCH3 is 1. The van der Waals surface area contributed by atoms with E-state index in [1.165, 1.54) is 24.6 Å². The van der Waals surface area contributed by atoms with Crippen molar-refractivity contribution < 1.29 is 18.7 Å². The van der Waals surface area contributed by atoms with Crippen LogP contribution in [0.2, 0.25) is 0 Å². The van der Waals surface area contributed by atoms with Crippen LogP contribution in [-0.2, 0) is 16.9 Å². The largest absolute Gasteiger partial charge is 0.493 e. The van der Waals surface area contributed by atoms with Crippen molar-refractivity contribution in [3.63, 3.8) is 0 Å². The second kappa shape index (κ2) is 9.47. The standard InChI is InChI=1S/C24H31FN2O3/c1-5-30-23-15-19(17(2)14-22(23)29-4)16-27-12-10-24(11-13-27,26-18(3)28)20-6-8-21(25)9-7-20/h6-9,14-15H,5,10-13,16H2,1-4H3,(H,26,28). The van der Waals surface area contributed by atoms with Crippen LogP contribution in [0.5, 0.6) is 11.5 Å². The van der Waals surface area contributed by atoms with E-state index in [-0.39, 0.29) is 11.7 Å². The molecule has 1 heterocycles. The van der Waals surface area contributed by atoms with Crippen molar-refractivity contribution in [1.82, 2.24) is 10.2 Å². The number of nitrogens with one attached hydrogen (secondary N) is 1. The van der Waals surface area contributed by atoms with Crippen molar-refractivity contribution in [2.75, 3.05) is 26.8 Å². The number of nitrogens with zero attached hydrogens (tertiary/aromatic N) is 1. The van der Waals surface area contributed by atoms with Gasteiger partial charge in [-0.2, -0.15) is 0 Å². The number of carbonyl (C=O) groups is 1. The van der Waals surface area contributed by atoms with Crippen molar-refractivity contribution in [3.8, 4) is 11.5 Å². The van der Waals surface area contributed by atoms with Crippen molar-refractivity contribution in [1.29, 1.82) is 0 Å². The molecule has 3 rings (SSSR count). The number of hydrogen-bond donors (Lipinski definition) is 1. The van der Waals surface area contributed by atoms with Crippen LogP contribution in [0.15, 0.2) is 36.4 Å². The zero-order chi connectivity index (χ0) is 21.7. The van der Waals surface area contributed by atoms with Gasteiger partial charge in [-0.25, -0.2) is 4.39 Å². The predicted molar refractivity (Wildman–Crippen MR) is 115 cm³/mol. The van der Waals surface area contributed by atoms with E-state index < -0.39 is 5.54 Å². The van der Waals surface area contributed by atoms with Gasteiger partial charge >= 0.3 is 0 Å². The number of piperidine rings is 1. The Morgan fingerprint density at radius 1 is 1.17 bits per heavy atom. The molecule has 1 aliphatic rings. The first-order valence-corrected chi connectivity index (χ1v) is 10.4. The van der Waals surface area contributed by atoms with Gasteiger partial charge in [-0.15, -0.1) is 0 Å². The summed E-state index contributed by atoms with van der Waals surface area (Å²) in [5.41, 5.74) is 2.86. The lowest BCUT2D eigenvalue weighted by Crippen LogP contribution is -2.52. The molecule has 0 atom stereocenters. The van der Waals surface area contributed by atoms with Crippen LogP contribution in [0.1, 0.15) is 43.4 Å². The summed E-state index contributed by atoms with van der Waals surface area (Å²) < 4.78 is 24.6. The zero-order valence-corrected chi connectivity index (χ0v) is 18.3. The lowest BCUT2D eigenvalue weighted by molar-refractivity contribution is -0.121. The molecule has 2 aromatic rings. The average Bonchev–Trinajstić information content (AvgIpc) is 2.72. The molecule has 2 aromatic carbocycles. The average molecular weight is 415 g/mol. The molecule has 162 valence electrons. The highest BCUT2D eigenvalue weighted by Crippen LogP contribution is 2.35. The zero-order valence-electron chi connectivity index (χ0n) is 18.3. The lowest BCUT2D eigenvalue weighted by Gasteiger charge is -2.43. The molecule has 5 nitrogen and oxygen atoms in total.